The van der Waals surface area contributed by atoms with Gasteiger partial charge in [-0.1, -0.05) is 109 Å². The van der Waals surface area contributed by atoms with Crippen molar-refractivity contribution in [2.24, 2.45) is 5.92 Å². The van der Waals surface area contributed by atoms with Crippen LogP contribution in [0.1, 0.15) is 30.5 Å². The van der Waals surface area contributed by atoms with Crippen molar-refractivity contribution < 1.29 is 18.0 Å². The molecular formula is C35H36Cl3N3O4S. The van der Waals surface area contributed by atoms with Crippen LogP contribution in [0.5, 0.6) is 0 Å². The van der Waals surface area contributed by atoms with E-state index >= 15 is 0 Å². The lowest BCUT2D eigenvalue weighted by Gasteiger charge is -2.34. The van der Waals surface area contributed by atoms with Crippen LogP contribution in [0, 0.1) is 12.8 Å². The predicted molar refractivity (Wildman–Crippen MR) is 186 cm³/mol. The van der Waals surface area contributed by atoms with Gasteiger partial charge in [-0.05, 0) is 60.9 Å². The Bertz CT molecular complexity index is 1750. The van der Waals surface area contributed by atoms with E-state index in [0.717, 1.165) is 15.4 Å². The standard InChI is InChI=1S/C35H36Cl3N3O4S/c1-24(2)21-39-35(43)33(19-26-9-5-4-6-10-26)40(22-30-31(37)13-8-14-32(30)38)34(42)23-41(28-12-7-11-27(36)20-28)46(44,45)29-17-15-25(3)16-18-29/h4-18,20,24,33H,19,21-23H2,1-3H3,(H,39,43). The molecule has 1 N–H and O–H groups in total. The molecule has 0 aliphatic heterocycles. The topological polar surface area (TPSA) is 86.8 Å². The number of sulfonamides is 1. The fraction of sp³-hybridized carbons (Fsp3) is 0.257. The van der Waals surface area contributed by atoms with E-state index in [1.165, 1.54) is 23.1 Å². The number of amides is 2. The summed E-state index contributed by atoms with van der Waals surface area (Å²) in [7, 11) is -4.26. The Hall–Kier alpha value is -3.56. The molecule has 0 saturated carbocycles. The summed E-state index contributed by atoms with van der Waals surface area (Å²) in [6, 6.07) is 25.9. The highest BCUT2D eigenvalue weighted by molar-refractivity contribution is 7.92. The summed E-state index contributed by atoms with van der Waals surface area (Å²) in [6.07, 6.45) is 0.167. The number of nitrogens with zero attached hydrogens (tertiary/aromatic N) is 2. The first-order valence-corrected chi connectivity index (χ1v) is 17.3. The number of hydrogen-bond donors (Lipinski definition) is 1. The third kappa shape index (κ3) is 9.04. The molecule has 11 heteroatoms. The smallest absolute Gasteiger partial charge is 0.264 e. The number of nitrogens with one attached hydrogen (secondary N) is 1. The van der Waals surface area contributed by atoms with Crippen molar-refractivity contribution in [3.63, 3.8) is 0 Å². The zero-order chi connectivity index (χ0) is 33.4. The maximum absolute atomic E-state index is 14.6. The van der Waals surface area contributed by atoms with Crippen LogP contribution < -0.4 is 9.62 Å². The molecule has 4 aromatic carbocycles. The van der Waals surface area contributed by atoms with Crippen molar-refractivity contribution in [2.75, 3.05) is 17.4 Å². The number of benzene rings is 4. The Morgan fingerprint density at radius 2 is 1.46 bits per heavy atom. The Balaban J connectivity index is 1.83. The quantitative estimate of drug-likeness (QED) is 0.156. The summed E-state index contributed by atoms with van der Waals surface area (Å²) in [5.41, 5.74) is 2.32. The van der Waals surface area contributed by atoms with E-state index in [1.807, 2.05) is 51.1 Å². The molecule has 0 aliphatic carbocycles. The van der Waals surface area contributed by atoms with Crippen LogP contribution in [0.4, 0.5) is 5.69 Å². The predicted octanol–water partition coefficient (Wildman–Crippen LogP) is 7.56. The minimum Gasteiger partial charge on any atom is -0.354 e. The molecule has 242 valence electrons. The number of halogens is 3. The third-order valence-electron chi connectivity index (χ3n) is 7.33. The van der Waals surface area contributed by atoms with Gasteiger partial charge < -0.3 is 10.2 Å². The van der Waals surface area contributed by atoms with Gasteiger partial charge in [0.1, 0.15) is 12.6 Å². The van der Waals surface area contributed by atoms with Gasteiger partial charge in [-0.3, -0.25) is 13.9 Å². The summed E-state index contributed by atoms with van der Waals surface area (Å²) in [6.45, 7) is 5.41. The second kappa shape index (κ2) is 15.8. The third-order valence-corrected chi connectivity index (χ3v) is 10.1. The summed E-state index contributed by atoms with van der Waals surface area (Å²) in [5, 5.41) is 3.87. The Kier molecular flexibility index (Phi) is 12.1. The van der Waals surface area contributed by atoms with Gasteiger partial charge in [0.15, 0.2) is 0 Å². The molecule has 0 aliphatic rings. The second-order valence-corrected chi connectivity index (χ2v) is 14.5. The largest absolute Gasteiger partial charge is 0.354 e. The lowest BCUT2D eigenvalue weighted by molar-refractivity contribution is -0.140. The van der Waals surface area contributed by atoms with Gasteiger partial charge in [-0.15, -0.1) is 0 Å². The zero-order valence-corrected chi connectivity index (χ0v) is 28.9. The number of hydrogen-bond acceptors (Lipinski definition) is 4. The minimum absolute atomic E-state index is 0.00193. The second-order valence-electron chi connectivity index (χ2n) is 11.4. The van der Waals surface area contributed by atoms with E-state index in [1.54, 1.807) is 48.5 Å². The van der Waals surface area contributed by atoms with Gasteiger partial charge in [0, 0.05) is 40.1 Å². The fourth-order valence-electron chi connectivity index (χ4n) is 4.83. The van der Waals surface area contributed by atoms with E-state index in [-0.39, 0.29) is 35.4 Å². The number of carbonyl (C=O) groups is 2. The number of rotatable bonds is 13. The molecular weight excluding hydrogens is 665 g/mol. The van der Waals surface area contributed by atoms with E-state index in [0.29, 0.717) is 27.2 Å². The van der Waals surface area contributed by atoms with E-state index in [4.69, 9.17) is 34.8 Å². The highest BCUT2D eigenvalue weighted by Crippen LogP contribution is 2.30. The lowest BCUT2D eigenvalue weighted by atomic mass is 10.0. The molecule has 46 heavy (non-hydrogen) atoms. The molecule has 0 spiro atoms. The number of carbonyl (C=O) groups excluding carboxylic acids is 2. The molecule has 0 fully saturated rings. The van der Waals surface area contributed by atoms with Gasteiger partial charge >= 0.3 is 0 Å². The SMILES string of the molecule is Cc1ccc(S(=O)(=O)N(CC(=O)N(Cc2c(Cl)cccc2Cl)C(Cc2ccccc2)C(=O)NCC(C)C)c2cccc(Cl)c2)cc1. The van der Waals surface area contributed by atoms with Crippen molar-refractivity contribution in [1.82, 2.24) is 10.2 Å². The molecule has 4 aromatic rings. The normalized spacial score (nSPS) is 12.1. The van der Waals surface area contributed by atoms with Crippen molar-refractivity contribution in [3.05, 3.63) is 129 Å². The van der Waals surface area contributed by atoms with Crippen LogP contribution in [0.3, 0.4) is 0 Å². The summed E-state index contributed by atoms with van der Waals surface area (Å²) >= 11 is 19.4. The summed E-state index contributed by atoms with van der Waals surface area (Å²) < 4.78 is 29.3. The first kappa shape index (κ1) is 35.3. The number of aryl methyl sites for hydroxylation is 1. The van der Waals surface area contributed by atoms with Gasteiger partial charge in [0.05, 0.1) is 10.6 Å². The first-order valence-electron chi connectivity index (χ1n) is 14.8. The molecule has 7 nitrogen and oxygen atoms in total. The van der Waals surface area contributed by atoms with Crippen LogP contribution in [-0.4, -0.2) is 44.3 Å². The van der Waals surface area contributed by atoms with Crippen LogP contribution in [0.2, 0.25) is 15.1 Å². The maximum atomic E-state index is 14.6. The Morgan fingerprint density at radius 1 is 0.826 bits per heavy atom. The Labute approximate surface area is 286 Å². The van der Waals surface area contributed by atoms with Crippen LogP contribution in [0.25, 0.3) is 0 Å². The lowest BCUT2D eigenvalue weighted by Crippen LogP contribution is -2.53. The molecule has 1 atom stereocenters. The van der Waals surface area contributed by atoms with Crippen LogP contribution in [0.15, 0.2) is 102 Å². The molecule has 0 radical (unpaired) electrons. The molecule has 0 saturated heterocycles. The summed E-state index contributed by atoms with van der Waals surface area (Å²) in [5.74, 6) is -0.862. The van der Waals surface area contributed by atoms with Gasteiger partial charge in [0.2, 0.25) is 11.8 Å². The minimum atomic E-state index is -4.26. The highest BCUT2D eigenvalue weighted by Gasteiger charge is 2.35. The average Bonchev–Trinajstić information content (AvgIpc) is 3.02. The molecule has 2 amide bonds. The monoisotopic (exact) mass is 699 g/mol. The van der Waals surface area contributed by atoms with Crippen molar-refractivity contribution in [2.45, 2.75) is 44.7 Å². The zero-order valence-electron chi connectivity index (χ0n) is 25.8. The average molecular weight is 701 g/mol. The van der Waals surface area contributed by atoms with Crippen molar-refractivity contribution >= 4 is 62.3 Å². The van der Waals surface area contributed by atoms with E-state index in [2.05, 4.69) is 5.32 Å². The molecule has 1 unspecified atom stereocenters. The van der Waals surface area contributed by atoms with E-state index < -0.39 is 28.5 Å². The number of anilines is 1. The van der Waals surface area contributed by atoms with E-state index in [9.17, 15) is 18.0 Å². The van der Waals surface area contributed by atoms with Crippen LogP contribution >= 0.6 is 34.8 Å². The van der Waals surface area contributed by atoms with Gasteiger partial charge in [-0.25, -0.2) is 8.42 Å². The van der Waals surface area contributed by atoms with Crippen LogP contribution in [-0.2, 0) is 32.6 Å². The van der Waals surface area contributed by atoms with Crippen molar-refractivity contribution in [1.29, 1.82) is 0 Å². The maximum Gasteiger partial charge on any atom is 0.264 e. The summed E-state index contributed by atoms with van der Waals surface area (Å²) in [4.78, 5) is 29.8. The molecule has 0 bridgehead atoms. The Morgan fingerprint density at radius 3 is 2.07 bits per heavy atom. The van der Waals surface area contributed by atoms with Crippen molar-refractivity contribution in [3.8, 4) is 0 Å². The van der Waals surface area contributed by atoms with Gasteiger partial charge in [0.25, 0.3) is 10.0 Å². The van der Waals surface area contributed by atoms with Gasteiger partial charge in [-0.2, -0.15) is 0 Å². The highest BCUT2D eigenvalue weighted by atomic mass is 35.5. The molecule has 0 heterocycles. The fourth-order valence-corrected chi connectivity index (χ4v) is 6.94. The molecule has 0 aromatic heterocycles. The molecule has 4 rings (SSSR count). The first-order chi connectivity index (χ1) is 21.9.